The van der Waals surface area contributed by atoms with Gasteiger partial charge in [-0.1, -0.05) is 6.07 Å². The van der Waals surface area contributed by atoms with Crippen LogP contribution in [0.5, 0.6) is 0 Å². The van der Waals surface area contributed by atoms with Crippen LogP contribution in [0, 0.1) is 0 Å². The van der Waals surface area contributed by atoms with E-state index in [0.29, 0.717) is 22.6 Å². The van der Waals surface area contributed by atoms with Gasteiger partial charge in [0.15, 0.2) is 5.82 Å². The topological polar surface area (TPSA) is 119 Å². The minimum absolute atomic E-state index is 0.152. The van der Waals surface area contributed by atoms with Crippen LogP contribution in [0.1, 0.15) is 23.2 Å². The van der Waals surface area contributed by atoms with Gasteiger partial charge in [-0.25, -0.2) is 9.78 Å². The Kier molecular flexibility index (Phi) is 5.77. The summed E-state index contributed by atoms with van der Waals surface area (Å²) in [7, 11) is 1.35. The van der Waals surface area contributed by atoms with Crippen molar-refractivity contribution in [3.05, 3.63) is 66.4 Å². The number of carbonyl (C=O) groups excluding carboxylic acids is 1. The number of rotatable bonds is 5. The van der Waals surface area contributed by atoms with Crippen molar-refractivity contribution in [1.82, 2.24) is 14.5 Å². The van der Waals surface area contributed by atoms with Gasteiger partial charge in [0.25, 0.3) is 0 Å². The number of ether oxygens (including phenoxy) is 1. The molecule has 2 aromatic heterocycles. The van der Waals surface area contributed by atoms with Crippen LogP contribution in [-0.4, -0.2) is 51.9 Å². The van der Waals surface area contributed by atoms with Gasteiger partial charge in [0.1, 0.15) is 5.52 Å². The number of nitrogens with two attached hydrogens (primary N) is 1. The van der Waals surface area contributed by atoms with E-state index in [4.69, 9.17) is 10.5 Å². The highest BCUT2D eigenvalue weighted by Crippen LogP contribution is 2.30. The van der Waals surface area contributed by atoms with Crippen LogP contribution >= 0.6 is 0 Å². The van der Waals surface area contributed by atoms with Crippen LogP contribution < -0.4 is 16.0 Å². The number of hydrogen-bond acceptors (Lipinski definition) is 8. The fourth-order valence-corrected chi connectivity index (χ4v) is 4.29. The lowest BCUT2D eigenvalue weighted by Crippen LogP contribution is -2.35. The summed E-state index contributed by atoms with van der Waals surface area (Å²) in [5.74, 6) is 0.269. The molecule has 1 aliphatic heterocycles. The van der Waals surface area contributed by atoms with E-state index in [9.17, 15) is 9.90 Å². The molecular formula is C25H26N6O3. The van der Waals surface area contributed by atoms with Crippen molar-refractivity contribution in [2.75, 3.05) is 36.1 Å². The first-order valence-corrected chi connectivity index (χ1v) is 11.2. The summed E-state index contributed by atoms with van der Waals surface area (Å²) in [5.41, 5.74) is 10.6. The van der Waals surface area contributed by atoms with E-state index in [-0.39, 0.29) is 12.1 Å². The van der Waals surface area contributed by atoms with E-state index in [2.05, 4.69) is 44.5 Å². The highest BCUT2D eigenvalue weighted by atomic mass is 16.5. The summed E-state index contributed by atoms with van der Waals surface area (Å²) < 4.78 is 6.83. The van der Waals surface area contributed by atoms with Gasteiger partial charge in [-0.3, -0.25) is 0 Å². The molecule has 2 aromatic carbocycles. The molecule has 0 spiro atoms. The lowest BCUT2D eigenvalue weighted by atomic mass is 10.1. The second-order valence-corrected chi connectivity index (χ2v) is 8.28. The molecule has 4 N–H and O–H groups in total. The minimum Gasteiger partial charge on any atom is -0.465 e. The highest BCUT2D eigenvalue weighted by Gasteiger charge is 2.18. The molecule has 3 heterocycles. The normalized spacial score (nSPS) is 14.4. The number of esters is 1. The van der Waals surface area contributed by atoms with Crippen LogP contribution in [0.4, 0.5) is 23.1 Å². The van der Waals surface area contributed by atoms with Gasteiger partial charge in [-0.2, -0.15) is 4.98 Å². The van der Waals surface area contributed by atoms with Gasteiger partial charge in [0.05, 0.1) is 24.3 Å². The maximum Gasteiger partial charge on any atom is 0.337 e. The summed E-state index contributed by atoms with van der Waals surface area (Å²) in [5, 5.41) is 13.0. The highest BCUT2D eigenvalue weighted by molar-refractivity contribution is 5.93. The summed E-state index contributed by atoms with van der Waals surface area (Å²) in [4.78, 5) is 23.0. The van der Waals surface area contributed by atoms with Crippen molar-refractivity contribution >= 4 is 40.1 Å². The zero-order chi connectivity index (χ0) is 23.7. The van der Waals surface area contributed by atoms with Gasteiger partial charge >= 0.3 is 5.97 Å². The van der Waals surface area contributed by atoms with Crippen molar-refractivity contribution in [3.63, 3.8) is 0 Å². The molecule has 0 bridgehead atoms. The molecule has 1 fully saturated rings. The van der Waals surface area contributed by atoms with Crippen molar-refractivity contribution in [1.29, 1.82) is 0 Å². The second-order valence-electron chi connectivity index (χ2n) is 8.28. The Morgan fingerprint density at radius 2 is 1.82 bits per heavy atom. The zero-order valence-corrected chi connectivity index (χ0v) is 18.8. The predicted molar refractivity (Wildman–Crippen MR) is 132 cm³/mol. The summed E-state index contributed by atoms with van der Waals surface area (Å²) >= 11 is 0. The number of nitrogens with one attached hydrogen (secondary N) is 1. The smallest absolute Gasteiger partial charge is 0.337 e. The fraction of sp³-hybridized carbons (Fsp3) is 0.240. The molecule has 0 amide bonds. The molecule has 0 radical (unpaired) electrons. The van der Waals surface area contributed by atoms with Crippen molar-refractivity contribution in [3.8, 4) is 5.69 Å². The molecule has 0 unspecified atom stereocenters. The molecule has 34 heavy (non-hydrogen) atoms. The van der Waals surface area contributed by atoms with Crippen molar-refractivity contribution in [2.24, 2.45) is 0 Å². The van der Waals surface area contributed by atoms with E-state index in [1.165, 1.54) is 7.11 Å². The molecule has 1 aliphatic rings. The van der Waals surface area contributed by atoms with Crippen LogP contribution in [0.3, 0.4) is 0 Å². The van der Waals surface area contributed by atoms with E-state index >= 15 is 0 Å². The number of nitrogens with zero attached hydrogens (tertiary/aromatic N) is 4. The molecule has 9 heteroatoms. The summed E-state index contributed by atoms with van der Waals surface area (Å²) in [6.07, 6.45) is 3.30. The Hall–Kier alpha value is -4.11. The molecule has 174 valence electrons. The third-order valence-electron chi connectivity index (χ3n) is 6.05. The van der Waals surface area contributed by atoms with E-state index in [1.807, 2.05) is 22.9 Å². The van der Waals surface area contributed by atoms with Gasteiger partial charge in [-0.05, 0) is 61.4 Å². The number of piperidine rings is 1. The van der Waals surface area contributed by atoms with Gasteiger partial charge in [-0.15, -0.1) is 0 Å². The van der Waals surface area contributed by atoms with Gasteiger partial charge in [0, 0.05) is 36.3 Å². The summed E-state index contributed by atoms with van der Waals surface area (Å²) in [6, 6.07) is 17.2. The Morgan fingerprint density at radius 3 is 2.56 bits per heavy atom. The number of aliphatic hydroxyl groups excluding tert-OH is 1. The zero-order valence-electron chi connectivity index (χ0n) is 18.8. The molecule has 0 saturated carbocycles. The number of methoxy groups -OCH3 is 1. The van der Waals surface area contributed by atoms with Gasteiger partial charge < -0.3 is 30.4 Å². The maximum absolute atomic E-state index is 11.9. The lowest BCUT2D eigenvalue weighted by Gasteiger charge is -2.31. The average molecular weight is 459 g/mol. The third-order valence-corrected chi connectivity index (χ3v) is 6.05. The van der Waals surface area contributed by atoms with Crippen LogP contribution in [0.2, 0.25) is 0 Å². The first-order valence-electron chi connectivity index (χ1n) is 11.2. The van der Waals surface area contributed by atoms with Crippen LogP contribution in [-0.2, 0) is 4.74 Å². The predicted octanol–water partition coefficient (Wildman–Crippen LogP) is 3.49. The standard InChI is InChI=1S/C25H26N6O3/c1-34-24(33)16-3-2-4-17(15-16)27-23-22-21(28-25(26)29-23)11-14-31(22)19-7-5-18(6-8-19)30-12-9-20(32)10-13-30/h2-8,11,14-15,20,32H,9-10,12-13H2,1H3,(H3,26,27,28,29). The van der Waals surface area contributed by atoms with Crippen LogP contribution in [0.25, 0.3) is 16.7 Å². The molecule has 5 rings (SSSR count). The number of nitrogen functional groups attached to an aromatic ring is 1. The Balaban J connectivity index is 1.48. The quantitative estimate of drug-likeness (QED) is 0.389. The third kappa shape index (κ3) is 4.25. The minimum atomic E-state index is -0.414. The second kappa shape index (κ2) is 9.03. The Labute approximate surface area is 196 Å². The van der Waals surface area contributed by atoms with E-state index in [1.54, 1.807) is 18.2 Å². The SMILES string of the molecule is COC(=O)c1cccc(Nc2nc(N)nc3ccn(-c4ccc(N5CCC(O)CC5)cc4)c23)c1. The van der Waals surface area contributed by atoms with E-state index < -0.39 is 5.97 Å². The molecule has 4 aromatic rings. The summed E-state index contributed by atoms with van der Waals surface area (Å²) in [6.45, 7) is 1.69. The molecular weight excluding hydrogens is 432 g/mol. The fourth-order valence-electron chi connectivity index (χ4n) is 4.29. The number of hydrogen-bond donors (Lipinski definition) is 3. The Morgan fingerprint density at radius 1 is 1.09 bits per heavy atom. The van der Waals surface area contributed by atoms with Gasteiger partial charge in [0.2, 0.25) is 5.95 Å². The lowest BCUT2D eigenvalue weighted by molar-refractivity contribution is 0.0600. The van der Waals surface area contributed by atoms with E-state index in [0.717, 1.165) is 42.8 Å². The number of benzene rings is 2. The molecule has 0 aliphatic carbocycles. The maximum atomic E-state index is 11.9. The largest absolute Gasteiger partial charge is 0.465 e. The molecule has 1 saturated heterocycles. The molecule has 0 atom stereocenters. The van der Waals surface area contributed by atoms with Crippen LogP contribution in [0.15, 0.2) is 60.8 Å². The monoisotopic (exact) mass is 458 g/mol. The number of anilines is 4. The number of aromatic nitrogens is 3. The van der Waals surface area contributed by atoms with Crippen molar-refractivity contribution < 1.29 is 14.6 Å². The van der Waals surface area contributed by atoms with Crippen molar-refractivity contribution in [2.45, 2.75) is 18.9 Å². The first kappa shape index (κ1) is 21.7. The number of aliphatic hydroxyl groups is 1. The Bertz CT molecular complexity index is 1330. The average Bonchev–Trinajstić information content (AvgIpc) is 3.28. The number of fused-ring (bicyclic) bond motifs is 1. The first-order chi connectivity index (χ1) is 16.5. The molecule has 9 nitrogen and oxygen atoms in total. The number of carbonyl (C=O) groups is 1.